The van der Waals surface area contributed by atoms with Crippen LogP contribution in [-0.2, 0) is 11.8 Å². The Bertz CT molecular complexity index is 1690. The smallest absolute Gasteiger partial charge is 0.212 e. The molecule has 0 saturated carbocycles. The predicted molar refractivity (Wildman–Crippen MR) is 173 cm³/mol. The van der Waals surface area contributed by atoms with Crippen molar-refractivity contribution in [2.24, 2.45) is 0 Å². The van der Waals surface area contributed by atoms with Crippen LogP contribution in [0.2, 0.25) is 0 Å². The van der Waals surface area contributed by atoms with E-state index >= 15 is 0 Å². The second-order valence-corrected chi connectivity index (χ2v) is 12.1. The molecule has 0 aliphatic carbocycles. The van der Waals surface area contributed by atoms with Crippen molar-refractivity contribution in [2.75, 3.05) is 26.4 Å². The molecule has 0 bridgehead atoms. The van der Waals surface area contributed by atoms with E-state index in [0.717, 1.165) is 117 Å². The average Bonchev–Trinajstić information content (AvgIpc) is 3.90. The molecule has 4 aliphatic rings. The van der Waals surface area contributed by atoms with Crippen LogP contribution in [0.1, 0.15) is 75.6 Å². The number of fused-ring (bicyclic) bond motifs is 4. The molecule has 238 valence electrons. The lowest BCUT2D eigenvalue weighted by Gasteiger charge is -2.34. The summed E-state index contributed by atoms with van der Waals surface area (Å²) in [4.78, 5) is 0. The minimum atomic E-state index is -0.775. The first-order valence-corrected chi connectivity index (χ1v) is 16.5. The highest BCUT2D eigenvalue weighted by Gasteiger charge is 2.53. The van der Waals surface area contributed by atoms with Gasteiger partial charge in [0, 0.05) is 22.3 Å². The average molecular weight is 623 g/mol. The standard InChI is InChI=1S/C38H38O8/c1-5-17-39-26-13-9-22(30-34(26)43-30)21-38(23-10-14-27(40-18-6-2)35-31(23)44-35,24-11-15-28(41-19-7-3)36-32(24)45-36)25-12-16-29(42-20-8-4)37-33(25)46-37/h9-16H,5-8,17-21H2,1-4H3. The molecule has 4 aromatic rings. The van der Waals surface area contributed by atoms with Gasteiger partial charge in [-0.1, -0.05) is 52.0 Å². The molecule has 0 atom stereocenters. The Kier molecular flexibility index (Phi) is 7.04. The Morgan fingerprint density at radius 2 is 0.739 bits per heavy atom. The number of ether oxygens (including phenoxy) is 8. The van der Waals surface area contributed by atoms with Gasteiger partial charge in [-0.3, -0.25) is 0 Å². The van der Waals surface area contributed by atoms with Crippen LogP contribution in [0.4, 0.5) is 0 Å². The van der Waals surface area contributed by atoms with E-state index in [-0.39, 0.29) is 0 Å². The Labute approximate surface area is 269 Å². The summed E-state index contributed by atoms with van der Waals surface area (Å²) >= 11 is 0. The normalized spacial score (nSPS) is 13.4. The molecular formula is C38H38O8. The molecule has 0 spiro atoms. The van der Waals surface area contributed by atoms with E-state index < -0.39 is 5.41 Å². The van der Waals surface area contributed by atoms with Gasteiger partial charge in [-0.25, -0.2) is 0 Å². The fourth-order valence-corrected chi connectivity index (χ4v) is 6.41. The maximum atomic E-state index is 6.25. The van der Waals surface area contributed by atoms with Crippen LogP contribution >= 0.6 is 0 Å². The van der Waals surface area contributed by atoms with Crippen LogP contribution in [0.3, 0.4) is 0 Å². The highest BCUT2D eigenvalue weighted by molar-refractivity contribution is 5.81. The molecule has 0 unspecified atom stereocenters. The summed E-state index contributed by atoms with van der Waals surface area (Å²) in [6, 6.07) is 16.6. The summed E-state index contributed by atoms with van der Waals surface area (Å²) in [6.45, 7) is 10.9. The lowest BCUT2D eigenvalue weighted by atomic mass is 9.65. The number of rotatable bonds is 17. The van der Waals surface area contributed by atoms with Crippen molar-refractivity contribution in [1.29, 1.82) is 0 Å². The summed E-state index contributed by atoms with van der Waals surface area (Å²) < 4.78 is 48.9. The van der Waals surface area contributed by atoms with Crippen LogP contribution in [0, 0.1) is 0 Å². The van der Waals surface area contributed by atoms with Gasteiger partial charge in [-0.15, -0.1) is 0 Å². The van der Waals surface area contributed by atoms with Crippen LogP contribution in [-0.4, -0.2) is 26.4 Å². The van der Waals surface area contributed by atoms with Crippen LogP contribution in [0.15, 0.2) is 48.5 Å². The van der Waals surface area contributed by atoms with Crippen molar-refractivity contribution >= 4 is 0 Å². The van der Waals surface area contributed by atoms with Gasteiger partial charge in [0.15, 0.2) is 46.0 Å². The molecule has 8 heteroatoms. The quantitative estimate of drug-likeness (QED) is 0.0733. The van der Waals surface area contributed by atoms with E-state index in [9.17, 15) is 0 Å². The van der Waals surface area contributed by atoms with Gasteiger partial charge in [0.25, 0.3) is 0 Å². The van der Waals surface area contributed by atoms with Gasteiger partial charge < -0.3 is 37.9 Å². The molecule has 4 aromatic carbocycles. The highest BCUT2D eigenvalue weighted by Crippen LogP contribution is 2.69. The van der Waals surface area contributed by atoms with Crippen molar-refractivity contribution in [3.8, 4) is 69.0 Å². The summed E-state index contributed by atoms with van der Waals surface area (Å²) in [5.41, 5.74) is 3.30. The van der Waals surface area contributed by atoms with Gasteiger partial charge in [-0.05, 0) is 56.4 Å². The second kappa shape index (κ2) is 11.3. The van der Waals surface area contributed by atoms with Crippen molar-refractivity contribution in [3.63, 3.8) is 0 Å². The van der Waals surface area contributed by atoms with E-state index in [1.54, 1.807) is 0 Å². The third kappa shape index (κ3) is 4.73. The lowest BCUT2D eigenvalue weighted by Crippen LogP contribution is -2.31. The first kappa shape index (κ1) is 28.7. The Hall–Kier alpha value is -4.72. The van der Waals surface area contributed by atoms with Crippen LogP contribution in [0.25, 0.3) is 0 Å². The van der Waals surface area contributed by atoms with Crippen LogP contribution < -0.4 is 37.9 Å². The lowest BCUT2D eigenvalue weighted by molar-refractivity contribution is 0.314. The zero-order chi connectivity index (χ0) is 31.4. The first-order valence-electron chi connectivity index (χ1n) is 16.5. The maximum absolute atomic E-state index is 6.25. The molecule has 8 nitrogen and oxygen atoms in total. The van der Waals surface area contributed by atoms with Crippen molar-refractivity contribution in [1.82, 2.24) is 0 Å². The van der Waals surface area contributed by atoms with E-state index in [4.69, 9.17) is 37.9 Å². The number of benzene rings is 4. The minimum Gasteiger partial charge on any atom is -0.490 e. The topological polar surface area (TPSA) is 87.0 Å². The number of hydrogen-bond donors (Lipinski definition) is 0. The van der Waals surface area contributed by atoms with E-state index in [1.807, 2.05) is 24.3 Å². The molecule has 0 saturated heterocycles. The molecule has 0 N–H and O–H groups in total. The van der Waals surface area contributed by atoms with Gasteiger partial charge in [-0.2, -0.15) is 0 Å². The maximum Gasteiger partial charge on any atom is 0.212 e. The molecule has 8 rings (SSSR count). The predicted octanol–water partition coefficient (Wildman–Crippen LogP) is 9.84. The molecule has 46 heavy (non-hydrogen) atoms. The largest absolute Gasteiger partial charge is 0.490 e. The zero-order valence-electron chi connectivity index (χ0n) is 26.7. The molecule has 0 aromatic heterocycles. The SMILES string of the molecule is CCCOc1ccc(CC(c2ccc(OCCC)c3c2O3)(c2ccc(OCCC)c3c2O3)c2ccc(OCCC)c3c2O3)c2c1O2. The van der Waals surface area contributed by atoms with Gasteiger partial charge in [0.1, 0.15) is 0 Å². The zero-order valence-corrected chi connectivity index (χ0v) is 26.7. The van der Waals surface area contributed by atoms with Crippen molar-refractivity contribution in [3.05, 3.63) is 70.8 Å². The second-order valence-electron chi connectivity index (χ2n) is 12.1. The van der Waals surface area contributed by atoms with Gasteiger partial charge >= 0.3 is 0 Å². The summed E-state index contributed by atoms with van der Waals surface area (Å²) in [5, 5.41) is 0. The van der Waals surface area contributed by atoms with E-state index in [2.05, 4.69) is 52.0 Å². The summed E-state index contributed by atoms with van der Waals surface area (Å²) in [6.07, 6.45) is 4.22. The van der Waals surface area contributed by atoms with Gasteiger partial charge in [0.05, 0.1) is 31.8 Å². The minimum absolute atomic E-state index is 0.560. The first-order chi connectivity index (χ1) is 22.6. The fourth-order valence-electron chi connectivity index (χ4n) is 6.41. The Morgan fingerprint density at radius 3 is 1.11 bits per heavy atom. The molecule has 0 fully saturated rings. The van der Waals surface area contributed by atoms with Crippen molar-refractivity contribution in [2.45, 2.75) is 65.2 Å². The van der Waals surface area contributed by atoms with Crippen molar-refractivity contribution < 1.29 is 37.9 Å². The Balaban J connectivity index is 1.32. The number of hydrogen-bond acceptors (Lipinski definition) is 8. The van der Waals surface area contributed by atoms with Crippen LogP contribution in [0.5, 0.6) is 69.0 Å². The summed E-state index contributed by atoms with van der Waals surface area (Å²) in [7, 11) is 0. The monoisotopic (exact) mass is 622 g/mol. The molecule has 4 heterocycles. The van der Waals surface area contributed by atoms with Gasteiger partial charge in [0.2, 0.25) is 23.0 Å². The van der Waals surface area contributed by atoms with E-state index in [0.29, 0.717) is 32.8 Å². The Morgan fingerprint density at radius 1 is 0.413 bits per heavy atom. The third-order valence-electron chi connectivity index (χ3n) is 8.72. The molecule has 4 aliphatic heterocycles. The summed E-state index contributed by atoms with van der Waals surface area (Å²) in [5.74, 6) is 9.51. The fraction of sp³-hybridized carbons (Fsp3) is 0.368. The van der Waals surface area contributed by atoms with E-state index in [1.165, 1.54) is 0 Å². The molecular weight excluding hydrogens is 584 g/mol. The highest BCUT2D eigenvalue weighted by atomic mass is 16.6. The third-order valence-corrected chi connectivity index (χ3v) is 8.72. The molecule has 0 radical (unpaired) electrons. The molecule has 0 amide bonds.